The predicted molar refractivity (Wildman–Crippen MR) is 63.5 cm³/mol. The van der Waals surface area contributed by atoms with E-state index < -0.39 is 6.10 Å². The van der Waals surface area contributed by atoms with E-state index in [0.29, 0.717) is 18.8 Å². The molecule has 1 heterocycles. The third kappa shape index (κ3) is 3.09. The quantitative estimate of drug-likeness (QED) is 0.737. The van der Waals surface area contributed by atoms with Gasteiger partial charge in [0.1, 0.15) is 17.6 Å². The molecule has 3 N–H and O–H groups in total. The molecule has 2 rings (SSSR count). The molecule has 0 bridgehead atoms. The molecule has 0 aliphatic heterocycles. The first kappa shape index (κ1) is 11.7. The van der Waals surface area contributed by atoms with Crippen molar-refractivity contribution < 1.29 is 14.6 Å². The van der Waals surface area contributed by atoms with Crippen LogP contribution in [0.25, 0.3) is 0 Å². The molecular weight excluding hydrogens is 218 g/mol. The second-order valence-corrected chi connectivity index (χ2v) is 3.79. The van der Waals surface area contributed by atoms with Crippen LogP contribution in [-0.4, -0.2) is 16.8 Å². The van der Waals surface area contributed by atoms with E-state index in [1.54, 1.807) is 24.3 Å². The number of phenols is 1. The van der Waals surface area contributed by atoms with Gasteiger partial charge in [0.25, 0.3) is 0 Å². The van der Waals surface area contributed by atoms with Gasteiger partial charge in [0, 0.05) is 18.7 Å². The lowest BCUT2D eigenvalue weighted by Crippen LogP contribution is -2.20. The molecule has 0 amide bonds. The summed E-state index contributed by atoms with van der Waals surface area (Å²) in [6.07, 6.45) is 0.859. The van der Waals surface area contributed by atoms with Gasteiger partial charge in [-0.15, -0.1) is 0 Å². The maximum absolute atomic E-state index is 9.74. The molecule has 0 spiro atoms. The van der Waals surface area contributed by atoms with Gasteiger partial charge >= 0.3 is 0 Å². The summed E-state index contributed by atoms with van der Waals surface area (Å²) in [5, 5.41) is 22.3. The standard InChI is InChI=1S/C13H15NO3/c15-11-5-2-1-4-10(11)8-14-9-12(16)13-6-3-7-17-13/h1-7,12,14-16H,8-9H2. The van der Waals surface area contributed by atoms with Crippen molar-refractivity contribution in [3.8, 4) is 5.75 Å². The number of aliphatic hydroxyl groups is 1. The summed E-state index contributed by atoms with van der Waals surface area (Å²) in [6, 6.07) is 10.6. The number of aliphatic hydroxyl groups excluding tert-OH is 1. The highest BCUT2D eigenvalue weighted by molar-refractivity contribution is 5.31. The van der Waals surface area contributed by atoms with E-state index in [1.807, 2.05) is 12.1 Å². The average molecular weight is 233 g/mol. The summed E-state index contributed by atoms with van der Waals surface area (Å²) >= 11 is 0. The fourth-order valence-electron chi connectivity index (χ4n) is 1.59. The predicted octanol–water partition coefficient (Wildman–Crippen LogP) is 1.81. The Morgan fingerprint density at radius 3 is 2.71 bits per heavy atom. The average Bonchev–Trinajstić information content (AvgIpc) is 2.85. The molecule has 4 heteroatoms. The smallest absolute Gasteiger partial charge is 0.133 e. The zero-order valence-electron chi connectivity index (χ0n) is 9.34. The zero-order chi connectivity index (χ0) is 12.1. The summed E-state index contributed by atoms with van der Waals surface area (Å²) in [5.41, 5.74) is 0.805. The number of hydrogen-bond acceptors (Lipinski definition) is 4. The van der Waals surface area contributed by atoms with Crippen molar-refractivity contribution in [2.45, 2.75) is 12.6 Å². The number of phenolic OH excluding ortho intramolecular Hbond substituents is 1. The lowest BCUT2D eigenvalue weighted by Gasteiger charge is -2.10. The van der Waals surface area contributed by atoms with Gasteiger partial charge in [-0.2, -0.15) is 0 Å². The van der Waals surface area contributed by atoms with Crippen LogP contribution in [0.3, 0.4) is 0 Å². The molecular formula is C13H15NO3. The van der Waals surface area contributed by atoms with Gasteiger partial charge in [0.15, 0.2) is 0 Å². The van der Waals surface area contributed by atoms with Crippen LogP contribution in [-0.2, 0) is 6.54 Å². The number of para-hydroxylation sites is 1. The van der Waals surface area contributed by atoms with Gasteiger partial charge in [-0.25, -0.2) is 0 Å². The van der Waals surface area contributed by atoms with Crippen molar-refractivity contribution in [2.24, 2.45) is 0 Å². The molecule has 1 unspecified atom stereocenters. The Morgan fingerprint density at radius 1 is 1.18 bits per heavy atom. The molecule has 1 atom stereocenters. The summed E-state index contributed by atoms with van der Waals surface area (Å²) < 4.78 is 5.08. The van der Waals surface area contributed by atoms with Gasteiger partial charge in [-0.3, -0.25) is 0 Å². The first-order chi connectivity index (χ1) is 8.27. The molecule has 2 aromatic rings. The van der Waals surface area contributed by atoms with Crippen LogP contribution in [0.4, 0.5) is 0 Å². The van der Waals surface area contributed by atoms with Crippen molar-refractivity contribution in [3.05, 3.63) is 54.0 Å². The fraction of sp³-hybridized carbons (Fsp3) is 0.231. The SMILES string of the molecule is Oc1ccccc1CNCC(O)c1ccco1. The van der Waals surface area contributed by atoms with Crippen molar-refractivity contribution in [1.82, 2.24) is 5.32 Å². The Balaban J connectivity index is 1.82. The molecule has 0 aliphatic rings. The highest BCUT2D eigenvalue weighted by Crippen LogP contribution is 2.16. The van der Waals surface area contributed by atoms with Gasteiger partial charge in [0.05, 0.1) is 6.26 Å². The molecule has 1 aromatic carbocycles. The fourth-order valence-corrected chi connectivity index (χ4v) is 1.59. The lowest BCUT2D eigenvalue weighted by atomic mass is 10.2. The number of rotatable bonds is 5. The third-order valence-corrected chi connectivity index (χ3v) is 2.52. The minimum Gasteiger partial charge on any atom is -0.508 e. The van der Waals surface area contributed by atoms with Crippen LogP contribution < -0.4 is 5.32 Å². The second-order valence-electron chi connectivity index (χ2n) is 3.79. The maximum Gasteiger partial charge on any atom is 0.133 e. The summed E-state index contributed by atoms with van der Waals surface area (Å²) in [7, 11) is 0. The molecule has 0 saturated carbocycles. The van der Waals surface area contributed by atoms with E-state index >= 15 is 0 Å². The summed E-state index contributed by atoms with van der Waals surface area (Å²) in [5.74, 6) is 0.794. The van der Waals surface area contributed by atoms with Crippen LogP contribution in [0.5, 0.6) is 5.75 Å². The van der Waals surface area contributed by atoms with Crippen LogP contribution in [0.15, 0.2) is 47.1 Å². The zero-order valence-corrected chi connectivity index (χ0v) is 9.34. The molecule has 17 heavy (non-hydrogen) atoms. The number of hydrogen-bond donors (Lipinski definition) is 3. The Bertz CT molecular complexity index is 453. The van der Waals surface area contributed by atoms with E-state index in [2.05, 4.69) is 5.32 Å². The molecule has 90 valence electrons. The lowest BCUT2D eigenvalue weighted by molar-refractivity contribution is 0.147. The van der Waals surface area contributed by atoms with Crippen LogP contribution in [0, 0.1) is 0 Å². The Hall–Kier alpha value is -1.78. The molecule has 0 aliphatic carbocycles. The second kappa shape index (κ2) is 5.52. The van der Waals surface area contributed by atoms with E-state index in [4.69, 9.17) is 4.42 Å². The van der Waals surface area contributed by atoms with Gasteiger partial charge < -0.3 is 19.9 Å². The molecule has 1 aromatic heterocycles. The first-order valence-corrected chi connectivity index (χ1v) is 5.46. The number of benzene rings is 1. The minimum absolute atomic E-state index is 0.257. The van der Waals surface area contributed by atoms with Crippen molar-refractivity contribution in [3.63, 3.8) is 0 Å². The Morgan fingerprint density at radius 2 is 2.00 bits per heavy atom. The molecule has 0 saturated heterocycles. The van der Waals surface area contributed by atoms with E-state index in [-0.39, 0.29) is 5.75 Å². The van der Waals surface area contributed by atoms with Gasteiger partial charge in [-0.1, -0.05) is 18.2 Å². The molecule has 4 nitrogen and oxygen atoms in total. The highest BCUT2D eigenvalue weighted by Gasteiger charge is 2.09. The Labute approximate surface area is 99.5 Å². The van der Waals surface area contributed by atoms with Crippen LogP contribution >= 0.6 is 0 Å². The van der Waals surface area contributed by atoms with E-state index in [0.717, 1.165) is 5.56 Å². The largest absolute Gasteiger partial charge is 0.508 e. The van der Waals surface area contributed by atoms with Crippen LogP contribution in [0.2, 0.25) is 0 Å². The molecule has 0 fully saturated rings. The Kier molecular flexibility index (Phi) is 3.80. The highest BCUT2D eigenvalue weighted by atomic mass is 16.4. The third-order valence-electron chi connectivity index (χ3n) is 2.52. The van der Waals surface area contributed by atoms with Gasteiger partial charge in [0.2, 0.25) is 0 Å². The molecule has 0 radical (unpaired) electrons. The van der Waals surface area contributed by atoms with Gasteiger partial charge in [-0.05, 0) is 18.2 Å². The van der Waals surface area contributed by atoms with E-state index in [9.17, 15) is 10.2 Å². The first-order valence-electron chi connectivity index (χ1n) is 5.46. The normalized spacial score (nSPS) is 12.5. The van der Waals surface area contributed by atoms with Crippen LogP contribution in [0.1, 0.15) is 17.4 Å². The van der Waals surface area contributed by atoms with Crippen molar-refractivity contribution in [1.29, 1.82) is 0 Å². The topological polar surface area (TPSA) is 65.6 Å². The van der Waals surface area contributed by atoms with Crippen molar-refractivity contribution in [2.75, 3.05) is 6.54 Å². The van der Waals surface area contributed by atoms with E-state index in [1.165, 1.54) is 6.26 Å². The summed E-state index contributed by atoms with van der Waals surface area (Å²) in [4.78, 5) is 0. The minimum atomic E-state index is -0.671. The number of furan rings is 1. The van der Waals surface area contributed by atoms with Crippen molar-refractivity contribution >= 4 is 0 Å². The monoisotopic (exact) mass is 233 g/mol. The number of aromatic hydroxyl groups is 1. The maximum atomic E-state index is 9.74. The number of nitrogens with one attached hydrogen (secondary N) is 1. The summed E-state index contributed by atoms with van der Waals surface area (Å²) in [6.45, 7) is 0.881.